The van der Waals surface area contributed by atoms with Gasteiger partial charge in [0, 0.05) is 5.92 Å². The van der Waals surface area contributed by atoms with Gasteiger partial charge in [0.05, 0.1) is 0 Å². The average Bonchev–Trinajstić information content (AvgIpc) is 3.07. The van der Waals surface area contributed by atoms with Crippen molar-refractivity contribution in [2.45, 2.75) is 66.0 Å². The second kappa shape index (κ2) is 10.1. The molecule has 188 valence electrons. The molecule has 2 aromatic carbocycles. The number of carbonyl (C=O) groups excluding carboxylic acids is 2. The molecule has 0 saturated carbocycles. The second-order valence-electron chi connectivity index (χ2n) is 11.4. The molecule has 0 aliphatic heterocycles. The minimum Gasteiger partial charge on any atom is -0.480 e. The summed E-state index contributed by atoms with van der Waals surface area (Å²) in [5, 5.41) is 14.9. The molecule has 1 aliphatic carbocycles. The lowest BCUT2D eigenvalue weighted by Crippen LogP contribution is -2.56. The van der Waals surface area contributed by atoms with Crippen LogP contribution in [0.25, 0.3) is 11.1 Å². The van der Waals surface area contributed by atoms with Crippen molar-refractivity contribution >= 4 is 18.0 Å². The van der Waals surface area contributed by atoms with Gasteiger partial charge in [-0.2, -0.15) is 0 Å². The van der Waals surface area contributed by atoms with E-state index in [0.717, 1.165) is 22.3 Å². The molecule has 7 heteroatoms. The molecule has 35 heavy (non-hydrogen) atoms. The van der Waals surface area contributed by atoms with Crippen LogP contribution in [-0.2, 0) is 14.3 Å². The molecule has 0 radical (unpaired) electrons. The summed E-state index contributed by atoms with van der Waals surface area (Å²) in [6.07, 6.45) is -0.390. The molecule has 1 aliphatic rings. The van der Waals surface area contributed by atoms with Gasteiger partial charge in [0.2, 0.25) is 5.91 Å². The van der Waals surface area contributed by atoms with E-state index in [0.29, 0.717) is 6.42 Å². The SMILES string of the molecule is CC(C)(C)CC(NC(=O)OCC1c2ccccc2-c2ccccc21)C(=O)N[C@H](C(=O)O)C(C)(C)C. The van der Waals surface area contributed by atoms with Gasteiger partial charge in [-0.1, -0.05) is 90.1 Å². The van der Waals surface area contributed by atoms with Crippen molar-refractivity contribution in [3.63, 3.8) is 0 Å². The molecule has 0 aromatic heterocycles. The normalized spacial score (nSPS) is 14.9. The maximum Gasteiger partial charge on any atom is 0.407 e. The summed E-state index contributed by atoms with van der Waals surface area (Å²) >= 11 is 0. The van der Waals surface area contributed by atoms with Crippen molar-refractivity contribution in [2.75, 3.05) is 6.61 Å². The quantitative estimate of drug-likeness (QED) is 0.520. The van der Waals surface area contributed by atoms with Crippen molar-refractivity contribution < 1.29 is 24.2 Å². The van der Waals surface area contributed by atoms with Gasteiger partial charge in [0.1, 0.15) is 18.7 Å². The van der Waals surface area contributed by atoms with Crippen LogP contribution >= 0.6 is 0 Å². The first kappa shape index (κ1) is 26.3. The number of hydrogen-bond acceptors (Lipinski definition) is 4. The molecule has 2 atom stereocenters. The lowest BCUT2D eigenvalue weighted by molar-refractivity contribution is -0.145. The van der Waals surface area contributed by atoms with Crippen LogP contribution in [0.5, 0.6) is 0 Å². The Morgan fingerprint density at radius 1 is 0.886 bits per heavy atom. The number of carbonyl (C=O) groups is 3. The summed E-state index contributed by atoms with van der Waals surface area (Å²) in [7, 11) is 0. The van der Waals surface area contributed by atoms with Gasteiger partial charge >= 0.3 is 12.1 Å². The minimum absolute atomic E-state index is 0.0969. The smallest absolute Gasteiger partial charge is 0.407 e. The number of hydrogen-bond donors (Lipinski definition) is 3. The summed E-state index contributed by atoms with van der Waals surface area (Å²) in [4.78, 5) is 37.6. The van der Waals surface area contributed by atoms with Gasteiger partial charge in [-0.25, -0.2) is 9.59 Å². The van der Waals surface area contributed by atoms with Crippen molar-refractivity contribution in [1.82, 2.24) is 10.6 Å². The lowest BCUT2D eigenvalue weighted by Gasteiger charge is -2.31. The number of benzene rings is 2. The molecule has 2 aromatic rings. The van der Waals surface area contributed by atoms with E-state index in [1.165, 1.54) is 0 Å². The van der Waals surface area contributed by atoms with Crippen LogP contribution in [-0.4, -0.2) is 41.8 Å². The first-order chi connectivity index (χ1) is 16.3. The van der Waals surface area contributed by atoms with E-state index in [4.69, 9.17) is 4.74 Å². The largest absolute Gasteiger partial charge is 0.480 e. The van der Waals surface area contributed by atoms with Crippen LogP contribution < -0.4 is 10.6 Å². The van der Waals surface area contributed by atoms with Gasteiger partial charge < -0.3 is 20.5 Å². The van der Waals surface area contributed by atoms with Crippen LogP contribution in [0.4, 0.5) is 4.79 Å². The predicted octanol–water partition coefficient (Wildman–Crippen LogP) is 4.95. The number of fused-ring (bicyclic) bond motifs is 3. The molecular formula is C28H36N2O5. The standard InChI is InChI=1S/C28H36N2O5/c1-27(2,3)15-22(24(31)30-23(25(32)33)28(4,5)6)29-26(34)35-16-21-19-13-9-7-11-17(19)18-12-8-10-14-20(18)21/h7-14,21-23H,15-16H2,1-6H3,(H,29,34)(H,30,31)(H,32,33)/t22?,23-/m1/s1. The van der Waals surface area contributed by atoms with Gasteiger partial charge in [-0.3, -0.25) is 4.79 Å². The highest BCUT2D eigenvalue weighted by Crippen LogP contribution is 2.44. The highest BCUT2D eigenvalue weighted by atomic mass is 16.5. The average molecular weight is 481 g/mol. The highest BCUT2D eigenvalue weighted by molar-refractivity contribution is 5.89. The van der Waals surface area contributed by atoms with Gasteiger partial charge in [-0.15, -0.1) is 0 Å². The number of carboxylic acid groups (broad SMARTS) is 1. The number of amides is 2. The molecule has 3 N–H and O–H groups in total. The fourth-order valence-corrected chi connectivity index (χ4v) is 4.50. The van der Waals surface area contributed by atoms with E-state index in [1.807, 2.05) is 57.2 Å². The Balaban J connectivity index is 1.72. The van der Waals surface area contributed by atoms with Gasteiger partial charge in [0.25, 0.3) is 0 Å². The van der Waals surface area contributed by atoms with E-state index in [-0.39, 0.29) is 17.9 Å². The molecule has 3 rings (SSSR count). The zero-order valence-electron chi connectivity index (χ0n) is 21.3. The molecule has 2 amide bonds. The molecule has 1 unspecified atom stereocenters. The summed E-state index contributed by atoms with van der Waals surface area (Å²) < 4.78 is 5.61. The van der Waals surface area contributed by atoms with Gasteiger partial charge in [-0.05, 0) is 39.5 Å². The first-order valence-corrected chi connectivity index (χ1v) is 11.9. The van der Waals surface area contributed by atoms with E-state index < -0.39 is 35.5 Å². The maximum absolute atomic E-state index is 13.1. The number of ether oxygens (including phenoxy) is 1. The van der Waals surface area contributed by atoms with Crippen molar-refractivity contribution in [3.8, 4) is 11.1 Å². The van der Waals surface area contributed by atoms with Gasteiger partial charge in [0.15, 0.2) is 0 Å². The highest BCUT2D eigenvalue weighted by Gasteiger charge is 2.36. The summed E-state index contributed by atoms with van der Waals surface area (Å²) in [5.41, 5.74) is 3.46. The van der Waals surface area contributed by atoms with E-state index in [1.54, 1.807) is 20.8 Å². The number of rotatable bonds is 7. The molecule has 0 fully saturated rings. The fraction of sp³-hybridized carbons (Fsp3) is 0.464. The molecule has 0 spiro atoms. The lowest BCUT2D eigenvalue weighted by atomic mass is 9.85. The van der Waals surface area contributed by atoms with E-state index >= 15 is 0 Å². The minimum atomic E-state index is -1.12. The van der Waals surface area contributed by atoms with Crippen molar-refractivity contribution in [2.24, 2.45) is 10.8 Å². The zero-order chi connectivity index (χ0) is 26.0. The third-order valence-corrected chi connectivity index (χ3v) is 6.17. The Bertz CT molecular complexity index is 1050. The van der Waals surface area contributed by atoms with E-state index in [2.05, 4.69) is 22.8 Å². The van der Waals surface area contributed by atoms with Crippen LogP contribution in [0.15, 0.2) is 48.5 Å². The van der Waals surface area contributed by atoms with Crippen molar-refractivity contribution in [1.29, 1.82) is 0 Å². The Kier molecular flexibility index (Phi) is 7.58. The Hall–Kier alpha value is -3.35. The van der Waals surface area contributed by atoms with E-state index in [9.17, 15) is 19.5 Å². The Morgan fingerprint density at radius 2 is 1.40 bits per heavy atom. The molecule has 7 nitrogen and oxygen atoms in total. The monoisotopic (exact) mass is 480 g/mol. The van der Waals surface area contributed by atoms with Crippen LogP contribution in [0, 0.1) is 10.8 Å². The Morgan fingerprint density at radius 3 is 1.86 bits per heavy atom. The van der Waals surface area contributed by atoms with Crippen LogP contribution in [0.2, 0.25) is 0 Å². The third kappa shape index (κ3) is 6.41. The number of nitrogens with one attached hydrogen (secondary N) is 2. The zero-order valence-corrected chi connectivity index (χ0v) is 21.3. The van der Waals surface area contributed by atoms with Crippen molar-refractivity contribution in [3.05, 3.63) is 59.7 Å². The summed E-state index contributed by atoms with van der Waals surface area (Å²) in [6, 6.07) is 14.1. The summed E-state index contributed by atoms with van der Waals surface area (Å²) in [5.74, 6) is -1.77. The van der Waals surface area contributed by atoms with Crippen LogP contribution in [0.1, 0.15) is 65.0 Å². The Labute approximate surface area is 207 Å². The molecule has 0 bridgehead atoms. The first-order valence-electron chi connectivity index (χ1n) is 11.9. The number of alkyl carbamates (subject to hydrolysis) is 1. The molecule has 0 heterocycles. The molecule has 0 saturated heterocycles. The second-order valence-corrected chi connectivity index (χ2v) is 11.4. The summed E-state index contributed by atoms with van der Waals surface area (Å²) in [6.45, 7) is 11.2. The third-order valence-electron chi connectivity index (χ3n) is 6.17. The number of carboxylic acids is 1. The maximum atomic E-state index is 13.1. The number of aliphatic carboxylic acids is 1. The molecular weight excluding hydrogens is 444 g/mol. The fourth-order valence-electron chi connectivity index (χ4n) is 4.50. The van der Waals surface area contributed by atoms with Crippen LogP contribution in [0.3, 0.4) is 0 Å². The topological polar surface area (TPSA) is 105 Å². The predicted molar refractivity (Wildman–Crippen MR) is 135 cm³/mol.